The fourth-order valence-electron chi connectivity index (χ4n) is 1.96. The molecule has 0 spiro atoms. The van der Waals surface area contributed by atoms with Crippen LogP contribution in [0.25, 0.3) is 0 Å². The molecule has 0 atom stereocenters. The summed E-state index contributed by atoms with van der Waals surface area (Å²) in [7, 11) is 1.63. The van der Waals surface area contributed by atoms with Crippen LogP contribution < -0.4 is 4.74 Å². The SMILES string of the molecule is CCc1ccnc(C(=O)O)c1SCc1ccc(OC)cc1. The van der Waals surface area contributed by atoms with Crippen LogP contribution >= 0.6 is 11.8 Å². The number of hydrogen-bond acceptors (Lipinski definition) is 4. The lowest BCUT2D eigenvalue weighted by Crippen LogP contribution is -2.05. The molecule has 4 nitrogen and oxygen atoms in total. The van der Waals surface area contributed by atoms with Gasteiger partial charge in [0, 0.05) is 16.8 Å². The Bertz CT molecular complexity index is 626. The molecular weight excluding hydrogens is 286 g/mol. The highest BCUT2D eigenvalue weighted by atomic mass is 32.2. The van der Waals surface area contributed by atoms with Gasteiger partial charge in [-0.2, -0.15) is 0 Å². The molecule has 1 aromatic heterocycles. The van der Waals surface area contributed by atoms with Crippen molar-refractivity contribution in [3.8, 4) is 5.75 Å². The Kier molecular flexibility index (Phi) is 5.22. The van der Waals surface area contributed by atoms with Crippen molar-refractivity contribution in [1.82, 2.24) is 4.98 Å². The second-order valence-corrected chi connectivity index (χ2v) is 5.43. The third kappa shape index (κ3) is 3.76. The molecule has 0 aliphatic heterocycles. The van der Waals surface area contributed by atoms with Gasteiger partial charge >= 0.3 is 5.97 Å². The number of aromatic carboxylic acids is 1. The third-order valence-corrected chi connectivity index (χ3v) is 4.33. The van der Waals surface area contributed by atoms with Crippen LogP contribution in [-0.4, -0.2) is 23.2 Å². The van der Waals surface area contributed by atoms with Crippen molar-refractivity contribution in [1.29, 1.82) is 0 Å². The number of carbonyl (C=O) groups is 1. The molecule has 2 aromatic rings. The predicted octanol–water partition coefficient (Wildman–Crippen LogP) is 3.64. The molecule has 1 N–H and O–H groups in total. The van der Waals surface area contributed by atoms with Gasteiger partial charge in [-0.05, 0) is 35.7 Å². The summed E-state index contributed by atoms with van der Waals surface area (Å²) in [4.78, 5) is 16.0. The first-order valence-corrected chi connectivity index (χ1v) is 7.61. The standard InChI is InChI=1S/C16H17NO3S/c1-3-12-8-9-17-14(16(18)19)15(12)21-10-11-4-6-13(20-2)7-5-11/h4-9H,3,10H2,1-2H3,(H,18,19). The molecule has 0 bridgehead atoms. The molecule has 0 radical (unpaired) electrons. The zero-order valence-electron chi connectivity index (χ0n) is 12.0. The number of methoxy groups -OCH3 is 1. The van der Waals surface area contributed by atoms with E-state index in [2.05, 4.69) is 4.98 Å². The number of carboxylic acids is 1. The lowest BCUT2D eigenvalue weighted by Gasteiger charge is -2.10. The van der Waals surface area contributed by atoms with Crippen LogP contribution in [0.1, 0.15) is 28.5 Å². The predicted molar refractivity (Wildman–Crippen MR) is 83.1 cm³/mol. The quantitative estimate of drug-likeness (QED) is 0.826. The van der Waals surface area contributed by atoms with Gasteiger partial charge < -0.3 is 9.84 Å². The maximum Gasteiger partial charge on any atom is 0.355 e. The summed E-state index contributed by atoms with van der Waals surface area (Å²) < 4.78 is 5.12. The largest absolute Gasteiger partial charge is 0.497 e. The Labute approximate surface area is 128 Å². The van der Waals surface area contributed by atoms with Crippen molar-refractivity contribution in [3.05, 3.63) is 53.3 Å². The Morgan fingerprint density at radius 3 is 2.57 bits per heavy atom. The zero-order valence-corrected chi connectivity index (χ0v) is 12.8. The molecule has 21 heavy (non-hydrogen) atoms. The monoisotopic (exact) mass is 303 g/mol. The fourth-order valence-corrected chi connectivity index (χ4v) is 3.14. The molecule has 0 unspecified atom stereocenters. The summed E-state index contributed by atoms with van der Waals surface area (Å²) in [6.07, 6.45) is 2.34. The summed E-state index contributed by atoms with van der Waals surface area (Å²) in [5, 5.41) is 9.26. The van der Waals surface area contributed by atoms with Crippen molar-refractivity contribution in [3.63, 3.8) is 0 Å². The van der Waals surface area contributed by atoms with E-state index < -0.39 is 5.97 Å². The normalized spacial score (nSPS) is 10.4. The van der Waals surface area contributed by atoms with Crippen molar-refractivity contribution >= 4 is 17.7 Å². The first kappa shape index (κ1) is 15.4. The van der Waals surface area contributed by atoms with E-state index >= 15 is 0 Å². The number of thioether (sulfide) groups is 1. The number of nitrogens with zero attached hydrogens (tertiary/aromatic N) is 1. The maximum atomic E-state index is 11.3. The summed E-state index contributed by atoms with van der Waals surface area (Å²) in [5.74, 6) is 0.524. The van der Waals surface area contributed by atoms with E-state index in [1.165, 1.54) is 11.8 Å². The molecule has 0 saturated carbocycles. The van der Waals surface area contributed by atoms with Crippen LogP contribution in [0.2, 0.25) is 0 Å². The van der Waals surface area contributed by atoms with Crippen molar-refractivity contribution < 1.29 is 14.6 Å². The smallest absolute Gasteiger partial charge is 0.355 e. The van der Waals surface area contributed by atoms with Crippen LogP contribution in [0.15, 0.2) is 41.4 Å². The lowest BCUT2D eigenvalue weighted by atomic mass is 10.2. The van der Waals surface area contributed by atoms with Crippen LogP contribution in [0.3, 0.4) is 0 Å². The molecule has 5 heteroatoms. The second kappa shape index (κ2) is 7.13. The first-order valence-electron chi connectivity index (χ1n) is 6.62. The van der Waals surface area contributed by atoms with Crippen LogP contribution in [-0.2, 0) is 12.2 Å². The molecule has 0 aliphatic rings. The van der Waals surface area contributed by atoms with Gasteiger partial charge in [-0.25, -0.2) is 9.78 Å². The summed E-state index contributed by atoms with van der Waals surface area (Å²) in [6, 6.07) is 9.64. The Balaban J connectivity index is 2.20. The van der Waals surface area contributed by atoms with Gasteiger partial charge in [-0.15, -0.1) is 11.8 Å². The molecule has 1 aromatic carbocycles. The van der Waals surface area contributed by atoms with Gasteiger partial charge in [0.15, 0.2) is 5.69 Å². The number of pyridine rings is 1. The van der Waals surface area contributed by atoms with E-state index in [4.69, 9.17) is 4.74 Å². The number of aryl methyl sites for hydroxylation is 1. The Hall–Kier alpha value is -2.01. The molecule has 0 saturated heterocycles. The molecule has 1 heterocycles. The number of aromatic nitrogens is 1. The molecular formula is C16H17NO3S. The molecule has 0 fully saturated rings. The zero-order chi connectivity index (χ0) is 15.2. The van der Waals surface area contributed by atoms with Crippen LogP contribution in [0.4, 0.5) is 0 Å². The van der Waals surface area contributed by atoms with Crippen molar-refractivity contribution in [2.75, 3.05) is 7.11 Å². The minimum absolute atomic E-state index is 0.132. The van der Waals surface area contributed by atoms with E-state index in [9.17, 15) is 9.90 Å². The highest BCUT2D eigenvalue weighted by Crippen LogP contribution is 2.29. The highest BCUT2D eigenvalue weighted by molar-refractivity contribution is 7.98. The van der Waals surface area contributed by atoms with Crippen LogP contribution in [0.5, 0.6) is 5.75 Å². The number of ether oxygens (including phenoxy) is 1. The second-order valence-electron chi connectivity index (χ2n) is 4.44. The van der Waals surface area contributed by atoms with Crippen molar-refractivity contribution in [2.24, 2.45) is 0 Å². The topological polar surface area (TPSA) is 59.4 Å². The van der Waals surface area contributed by atoms with Gasteiger partial charge in [-0.1, -0.05) is 19.1 Å². The summed E-state index contributed by atoms with van der Waals surface area (Å²) >= 11 is 1.51. The van der Waals surface area contributed by atoms with E-state index in [1.807, 2.05) is 37.3 Å². The number of rotatable bonds is 6. The molecule has 0 aliphatic carbocycles. The third-order valence-electron chi connectivity index (χ3n) is 3.11. The van der Waals surface area contributed by atoms with Gasteiger partial charge in [0.05, 0.1) is 7.11 Å². The van der Waals surface area contributed by atoms with Crippen LogP contribution in [0, 0.1) is 0 Å². The van der Waals surface area contributed by atoms with E-state index in [-0.39, 0.29) is 5.69 Å². The van der Waals surface area contributed by atoms with E-state index in [0.717, 1.165) is 28.2 Å². The number of hydrogen-bond donors (Lipinski definition) is 1. The maximum absolute atomic E-state index is 11.3. The molecule has 0 amide bonds. The lowest BCUT2D eigenvalue weighted by molar-refractivity contribution is 0.0686. The van der Waals surface area contributed by atoms with Gasteiger partial charge in [-0.3, -0.25) is 0 Å². The molecule has 110 valence electrons. The average molecular weight is 303 g/mol. The van der Waals surface area contributed by atoms with Crippen molar-refractivity contribution in [2.45, 2.75) is 24.0 Å². The minimum atomic E-state index is -0.984. The van der Waals surface area contributed by atoms with E-state index in [0.29, 0.717) is 5.75 Å². The fraction of sp³-hybridized carbons (Fsp3) is 0.250. The number of carboxylic acid groups (broad SMARTS) is 1. The Morgan fingerprint density at radius 1 is 1.29 bits per heavy atom. The first-order chi connectivity index (χ1) is 10.2. The minimum Gasteiger partial charge on any atom is -0.497 e. The van der Waals surface area contributed by atoms with Gasteiger partial charge in [0.1, 0.15) is 5.75 Å². The summed E-state index contributed by atoms with van der Waals surface area (Å²) in [6.45, 7) is 2.01. The van der Waals surface area contributed by atoms with Gasteiger partial charge in [0.2, 0.25) is 0 Å². The Morgan fingerprint density at radius 2 is 2.00 bits per heavy atom. The average Bonchev–Trinajstić information content (AvgIpc) is 2.52. The molecule has 2 rings (SSSR count). The number of benzene rings is 1. The summed E-state index contributed by atoms with van der Waals surface area (Å²) in [5.41, 5.74) is 2.26. The highest BCUT2D eigenvalue weighted by Gasteiger charge is 2.15. The van der Waals surface area contributed by atoms with E-state index in [1.54, 1.807) is 13.3 Å². The van der Waals surface area contributed by atoms with Gasteiger partial charge in [0.25, 0.3) is 0 Å².